The summed E-state index contributed by atoms with van der Waals surface area (Å²) in [6.07, 6.45) is 0. The number of nitrogens with one attached hydrogen (secondary N) is 1. The first-order valence-electron chi connectivity index (χ1n) is 9.55. The minimum absolute atomic E-state index is 0.494. The molecule has 3 rings (SSSR count). The highest BCUT2D eigenvalue weighted by atomic mass is 16.5. The Morgan fingerprint density at radius 2 is 1.29 bits per heavy atom. The maximum atomic E-state index is 5.81. The first-order valence-corrected chi connectivity index (χ1v) is 9.55. The van der Waals surface area contributed by atoms with Crippen molar-refractivity contribution in [2.24, 2.45) is 0 Å². The van der Waals surface area contributed by atoms with Crippen molar-refractivity contribution in [2.75, 3.05) is 31.7 Å². The normalized spacial score (nSPS) is 10.4. The summed E-state index contributed by atoms with van der Waals surface area (Å²) >= 11 is 0. The molecule has 0 heterocycles. The average molecular weight is 377 g/mol. The summed E-state index contributed by atoms with van der Waals surface area (Å²) in [7, 11) is 0. The molecule has 4 nitrogen and oxygen atoms in total. The van der Waals surface area contributed by atoms with Gasteiger partial charge < -0.3 is 19.5 Å². The lowest BCUT2D eigenvalue weighted by Gasteiger charge is -2.12. The minimum Gasteiger partial charge on any atom is -0.492 e. The lowest BCUT2D eigenvalue weighted by atomic mass is 10.1. The van der Waals surface area contributed by atoms with Crippen LogP contribution in [-0.2, 0) is 0 Å². The largest absolute Gasteiger partial charge is 0.492 e. The van der Waals surface area contributed by atoms with Crippen LogP contribution in [0.15, 0.2) is 72.8 Å². The van der Waals surface area contributed by atoms with Crippen LogP contribution in [0.2, 0.25) is 0 Å². The van der Waals surface area contributed by atoms with E-state index in [1.165, 1.54) is 11.1 Å². The summed E-state index contributed by atoms with van der Waals surface area (Å²) in [5, 5.41) is 3.36. The Morgan fingerprint density at radius 1 is 0.607 bits per heavy atom. The number of hydrogen-bond donors (Lipinski definition) is 1. The number of aryl methyl sites for hydroxylation is 2. The first-order chi connectivity index (χ1) is 13.7. The molecule has 0 fully saturated rings. The number of rotatable bonds is 10. The summed E-state index contributed by atoms with van der Waals surface area (Å²) in [5.41, 5.74) is 3.52. The van der Waals surface area contributed by atoms with Gasteiger partial charge in [0, 0.05) is 18.3 Å². The zero-order valence-corrected chi connectivity index (χ0v) is 16.5. The van der Waals surface area contributed by atoms with Crippen LogP contribution in [0, 0.1) is 13.8 Å². The van der Waals surface area contributed by atoms with Gasteiger partial charge in [-0.25, -0.2) is 0 Å². The van der Waals surface area contributed by atoms with Gasteiger partial charge in [0.1, 0.15) is 37.1 Å². The van der Waals surface area contributed by atoms with Crippen molar-refractivity contribution < 1.29 is 14.2 Å². The monoisotopic (exact) mass is 377 g/mol. The molecule has 0 radical (unpaired) electrons. The lowest BCUT2D eigenvalue weighted by Crippen LogP contribution is -2.12. The summed E-state index contributed by atoms with van der Waals surface area (Å²) in [4.78, 5) is 0. The fraction of sp³-hybridized carbons (Fsp3) is 0.250. The van der Waals surface area contributed by atoms with Crippen LogP contribution in [0.1, 0.15) is 11.1 Å². The predicted octanol–water partition coefficient (Wildman–Crippen LogP) is 5.25. The van der Waals surface area contributed by atoms with E-state index in [1.807, 2.05) is 60.7 Å². The summed E-state index contributed by atoms with van der Waals surface area (Å²) in [6, 6.07) is 23.8. The van der Waals surface area contributed by atoms with Crippen LogP contribution in [-0.4, -0.2) is 26.4 Å². The first kappa shape index (κ1) is 19.6. The molecule has 0 unspecified atom stereocenters. The molecule has 0 aliphatic carbocycles. The van der Waals surface area contributed by atoms with E-state index in [1.54, 1.807) is 0 Å². The molecular weight excluding hydrogens is 350 g/mol. The van der Waals surface area contributed by atoms with E-state index in [0.29, 0.717) is 26.4 Å². The summed E-state index contributed by atoms with van der Waals surface area (Å²) in [6.45, 7) is 6.51. The predicted molar refractivity (Wildman–Crippen MR) is 114 cm³/mol. The van der Waals surface area contributed by atoms with Gasteiger partial charge in [0.25, 0.3) is 0 Å². The molecule has 0 bridgehead atoms. The molecule has 3 aromatic rings. The molecule has 3 aromatic carbocycles. The van der Waals surface area contributed by atoms with Crippen LogP contribution in [0.25, 0.3) is 0 Å². The van der Waals surface area contributed by atoms with E-state index >= 15 is 0 Å². The summed E-state index contributed by atoms with van der Waals surface area (Å²) in [5.74, 6) is 2.57. The van der Waals surface area contributed by atoms with Crippen LogP contribution in [0.4, 0.5) is 5.69 Å². The van der Waals surface area contributed by atoms with Crippen molar-refractivity contribution in [3.63, 3.8) is 0 Å². The molecule has 1 N–H and O–H groups in total. The molecule has 0 amide bonds. The maximum absolute atomic E-state index is 5.81. The Hall–Kier alpha value is -3.14. The van der Waals surface area contributed by atoms with E-state index in [-0.39, 0.29) is 0 Å². The molecule has 0 aliphatic rings. The second-order valence-electron chi connectivity index (χ2n) is 6.56. The fourth-order valence-electron chi connectivity index (χ4n) is 2.70. The highest BCUT2D eigenvalue weighted by Gasteiger charge is 2.00. The van der Waals surface area contributed by atoms with Gasteiger partial charge in [0.15, 0.2) is 0 Å². The van der Waals surface area contributed by atoms with E-state index in [0.717, 1.165) is 22.9 Å². The molecule has 0 spiro atoms. The Morgan fingerprint density at radius 3 is 2.07 bits per heavy atom. The summed E-state index contributed by atoms with van der Waals surface area (Å²) < 4.78 is 17.2. The second-order valence-corrected chi connectivity index (χ2v) is 6.56. The third-order valence-corrected chi connectivity index (χ3v) is 4.38. The van der Waals surface area contributed by atoms with Gasteiger partial charge >= 0.3 is 0 Å². The number of ether oxygens (including phenoxy) is 3. The topological polar surface area (TPSA) is 39.7 Å². The van der Waals surface area contributed by atoms with Crippen molar-refractivity contribution >= 4 is 5.69 Å². The zero-order valence-electron chi connectivity index (χ0n) is 16.5. The van der Waals surface area contributed by atoms with Crippen molar-refractivity contribution in [1.82, 2.24) is 0 Å². The minimum atomic E-state index is 0.494. The Bertz CT molecular complexity index is 865. The van der Waals surface area contributed by atoms with E-state index in [9.17, 15) is 0 Å². The van der Waals surface area contributed by atoms with Crippen LogP contribution >= 0.6 is 0 Å². The molecule has 146 valence electrons. The Balaban J connectivity index is 1.37. The maximum Gasteiger partial charge on any atom is 0.122 e. The smallest absolute Gasteiger partial charge is 0.122 e. The molecule has 0 aromatic heterocycles. The van der Waals surface area contributed by atoms with Crippen LogP contribution < -0.4 is 19.5 Å². The number of benzene rings is 3. The molecule has 0 atom stereocenters. The SMILES string of the molecule is Cc1ccc(OCCNc2cccc(OCCOc3ccccc3)c2)cc1C. The average Bonchev–Trinajstić information content (AvgIpc) is 2.72. The quantitative estimate of drug-likeness (QED) is 0.490. The second kappa shape index (κ2) is 10.3. The van der Waals surface area contributed by atoms with E-state index in [2.05, 4.69) is 31.3 Å². The van der Waals surface area contributed by atoms with Gasteiger partial charge in [0.05, 0.1) is 0 Å². The molecule has 0 aliphatic heterocycles. The van der Waals surface area contributed by atoms with Crippen molar-refractivity contribution in [3.05, 3.63) is 83.9 Å². The van der Waals surface area contributed by atoms with Crippen LogP contribution in [0.5, 0.6) is 17.2 Å². The lowest BCUT2D eigenvalue weighted by molar-refractivity contribution is 0.217. The van der Waals surface area contributed by atoms with Gasteiger partial charge in [-0.2, -0.15) is 0 Å². The Labute approximate surface area is 167 Å². The van der Waals surface area contributed by atoms with Gasteiger partial charge in [-0.3, -0.25) is 0 Å². The van der Waals surface area contributed by atoms with Crippen molar-refractivity contribution in [2.45, 2.75) is 13.8 Å². The Kier molecular flexibility index (Phi) is 7.19. The van der Waals surface area contributed by atoms with Gasteiger partial charge in [0.2, 0.25) is 0 Å². The number of para-hydroxylation sites is 1. The zero-order chi connectivity index (χ0) is 19.6. The fourth-order valence-corrected chi connectivity index (χ4v) is 2.70. The van der Waals surface area contributed by atoms with Gasteiger partial charge in [-0.05, 0) is 61.4 Å². The van der Waals surface area contributed by atoms with Crippen molar-refractivity contribution in [1.29, 1.82) is 0 Å². The van der Waals surface area contributed by atoms with E-state index in [4.69, 9.17) is 14.2 Å². The molecular formula is C24H27NO3. The van der Waals surface area contributed by atoms with Crippen molar-refractivity contribution in [3.8, 4) is 17.2 Å². The van der Waals surface area contributed by atoms with Gasteiger partial charge in [-0.15, -0.1) is 0 Å². The molecule has 0 saturated heterocycles. The molecule has 28 heavy (non-hydrogen) atoms. The third kappa shape index (κ3) is 6.23. The number of anilines is 1. The highest BCUT2D eigenvalue weighted by molar-refractivity contribution is 5.48. The van der Waals surface area contributed by atoms with Crippen LogP contribution in [0.3, 0.4) is 0 Å². The third-order valence-electron chi connectivity index (χ3n) is 4.38. The van der Waals surface area contributed by atoms with E-state index < -0.39 is 0 Å². The van der Waals surface area contributed by atoms with Gasteiger partial charge in [-0.1, -0.05) is 30.3 Å². The molecule has 4 heteroatoms. The highest BCUT2D eigenvalue weighted by Crippen LogP contribution is 2.18. The standard InChI is InChI=1S/C24H27NO3/c1-19-11-12-24(17-20(19)2)26-14-13-25-21-7-6-10-23(18-21)28-16-15-27-22-8-4-3-5-9-22/h3-12,17-18,25H,13-16H2,1-2H3. The number of hydrogen-bond acceptors (Lipinski definition) is 4. The molecule has 0 saturated carbocycles.